The number of nitrogens with two attached hydrogens (primary N) is 3. The first-order valence-corrected chi connectivity index (χ1v) is 10.1. The highest BCUT2D eigenvalue weighted by atomic mass is 16.3. The second kappa shape index (κ2) is 18.5. The van der Waals surface area contributed by atoms with Gasteiger partial charge in [-0.1, -0.05) is 12.8 Å². The number of aliphatic hydroxyl groups is 1. The second-order valence-electron chi connectivity index (χ2n) is 6.66. The van der Waals surface area contributed by atoms with Crippen molar-refractivity contribution in [2.75, 3.05) is 39.3 Å². The van der Waals surface area contributed by atoms with E-state index in [9.17, 15) is 14.7 Å². The van der Waals surface area contributed by atoms with Crippen LogP contribution in [0.4, 0.5) is 0 Å². The summed E-state index contributed by atoms with van der Waals surface area (Å²) in [6, 6.07) is -0.906. The third-order valence-electron chi connectivity index (χ3n) is 4.08. The molecule has 0 bridgehead atoms. The fraction of sp³-hybridized carbons (Fsp3) is 0.833. The van der Waals surface area contributed by atoms with Gasteiger partial charge in [0, 0.05) is 19.5 Å². The standard InChI is InChI=1S/C18H39N7O3/c19-9-7-11-22-10-5-6-12-23-17(28)15(14-26)25-16(27)8-3-1-2-4-13-24-18(20)21/h15,22,26H,1-14,19H2,(H,23,28)(H,25,27)(H4,20,21,24)/t15-/m1/s1. The van der Waals surface area contributed by atoms with E-state index < -0.39 is 12.6 Å². The minimum Gasteiger partial charge on any atom is -0.394 e. The zero-order valence-electron chi connectivity index (χ0n) is 16.9. The van der Waals surface area contributed by atoms with Crippen molar-refractivity contribution in [2.24, 2.45) is 22.2 Å². The van der Waals surface area contributed by atoms with Crippen LogP contribution < -0.4 is 33.2 Å². The van der Waals surface area contributed by atoms with Gasteiger partial charge in [-0.3, -0.25) is 14.6 Å². The van der Waals surface area contributed by atoms with Crippen LogP contribution in [0, 0.1) is 0 Å². The summed E-state index contributed by atoms with van der Waals surface area (Å²) in [6.45, 7) is 3.14. The van der Waals surface area contributed by atoms with E-state index in [0.717, 1.165) is 51.6 Å². The molecule has 0 aromatic rings. The maximum Gasteiger partial charge on any atom is 0.244 e. The van der Waals surface area contributed by atoms with Crippen LogP contribution >= 0.6 is 0 Å². The van der Waals surface area contributed by atoms with Crippen molar-refractivity contribution in [3.8, 4) is 0 Å². The molecule has 0 rings (SSSR count). The summed E-state index contributed by atoms with van der Waals surface area (Å²) >= 11 is 0. The first kappa shape index (κ1) is 26.1. The predicted octanol–water partition coefficient (Wildman–Crippen LogP) is -1.48. The Bertz CT molecular complexity index is 443. The normalized spacial score (nSPS) is 11.6. The number of unbranched alkanes of at least 4 members (excludes halogenated alkanes) is 4. The Balaban J connectivity index is 3.76. The second-order valence-corrected chi connectivity index (χ2v) is 6.66. The van der Waals surface area contributed by atoms with E-state index in [1.165, 1.54) is 0 Å². The third kappa shape index (κ3) is 16.3. The van der Waals surface area contributed by atoms with Gasteiger partial charge in [-0.05, 0) is 51.7 Å². The molecular formula is C18H39N7O3. The maximum atomic E-state index is 12.0. The Morgan fingerprint density at radius 3 is 2.29 bits per heavy atom. The summed E-state index contributed by atoms with van der Waals surface area (Å²) in [6.07, 6.45) is 6.41. The van der Waals surface area contributed by atoms with E-state index in [2.05, 4.69) is 20.9 Å². The summed E-state index contributed by atoms with van der Waals surface area (Å²) in [5.74, 6) is -0.501. The van der Waals surface area contributed by atoms with E-state index in [-0.39, 0.29) is 17.8 Å². The number of rotatable bonds is 18. The Morgan fingerprint density at radius 1 is 0.929 bits per heavy atom. The van der Waals surface area contributed by atoms with Gasteiger partial charge < -0.3 is 38.3 Å². The number of nitrogens with zero attached hydrogens (tertiary/aromatic N) is 1. The Hall–Kier alpha value is -1.91. The molecule has 0 radical (unpaired) electrons. The average Bonchev–Trinajstić information content (AvgIpc) is 2.66. The highest BCUT2D eigenvalue weighted by Crippen LogP contribution is 2.03. The molecule has 0 aliphatic rings. The average molecular weight is 402 g/mol. The van der Waals surface area contributed by atoms with Crippen molar-refractivity contribution in [3.63, 3.8) is 0 Å². The van der Waals surface area contributed by atoms with Crippen molar-refractivity contribution >= 4 is 17.8 Å². The summed E-state index contributed by atoms with van der Waals surface area (Å²) < 4.78 is 0. The first-order chi connectivity index (χ1) is 13.5. The number of aliphatic imine (C=N–C) groups is 1. The molecule has 0 spiro atoms. The highest BCUT2D eigenvalue weighted by Gasteiger charge is 2.18. The van der Waals surface area contributed by atoms with E-state index in [1.54, 1.807) is 0 Å². The van der Waals surface area contributed by atoms with E-state index >= 15 is 0 Å². The minimum atomic E-state index is -0.906. The molecule has 2 amide bonds. The zero-order chi connectivity index (χ0) is 21.0. The maximum absolute atomic E-state index is 12.0. The van der Waals surface area contributed by atoms with Crippen LogP contribution in [-0.4, -0.2) is 68.3 Å². The molecule has 0 heterocycles. The topological polar surface area (TPSA) is 181 Å². The number of nitrogens with one attached hydrogen (secondary N) is 3. The lowest BCUT2D eigenvalue weighted by Crippen LogP contribution is -2.49. The largest absolute Gasteiger partial charge is 0.394 e. The lowest BCUT2D eigenvalue weighted by molar-refractivity contribution is -0.130. The number of carbonyl (C=O) groups is 2. The molecule has 0 fully saturated rings. The highest BCUT2D eigenvalue weighted by molar-refractivity contribution is 5.87. The molecule has 10 heteroatoms. The number of guanidine groups is 1. The molecule has 164 valence electrons. The van der Waals surface area contributed by atoms with Crippen LogP contribution in [0.5, 0.6) is 0 Å². The van der Waals surface area contributed by atoms with Crippen molar-refractivity contribution in [1.29, 1.82) is 0 Å². The van der Waals surface area contributed by atoms with Gasteiger partial charge in [0.25, 0.3) is 0 Å². The quantitative estimate of drug-likeness (QED) is 0.0830. The molecule has 0 unspecified atom stereocenters. The van der Waals surface area contributed by atoms with Gasteiger partial charge in [-0.25, -0.2) is 0 Å². The zero-order valence-corrected chi connectivity index (χ0v) is 16.9. The van der Waals surface area contributed by atoms with Crippen LogP contribution in [0.3, 0.4) is 0 Å². The Kier molecular flexibility index (Phi) is 17.2. The lowest BCUT2D eigenvalue weighted by Gasteiger charge is -2.16. The van der Waals surface area contributed by atoms with Crippen LogP contribution in [0.15, 0.2) is 4.99 Å². The predicted molar refractivity (Wildman–Crippen MR) is 112 cm³/mol. The summed E-state index contributed by atoms with van der Waals surface area (Å²) in [4.78, 5) is 27.9. The van der Waals surface area contributed by atoms with Gasteiger partial charge in [0.2, 0.25) is 11.8 Å². The molecule has 0 aromatic heterocycles. The SMILES string of the molecule is NCCCNCCCCNC(=O)[C@@H](CO)NC(=O)CCCCCCN=C(N)N. The summed E-state index contributed by atoms with van der Waals surface area (Å²) in [5.41, 5.74) is 15.9. The fourth-order valence-electron chi connectivity index (χ4n) is 2.48. The van der Waals surface area contributed by atoms with Gasteiger partial charge in [-0.2, -0.15) is 0 Å². The first-order valence-electron chi connectivity index (χ1n) is 10.1. The molecule has 0 saturated heterocycles. The summed E-state index contributed by atoms with van der Waals surface area (Å²) in [5, 5.41) is 17.9. The number of hydrogen-bond donors (Lipinski definition) is 7. The van der Waals surface area contributed by atoms with Gasteiger partial charge in [0.15, 0.2) is 5.96 Å². The lowest BCUT2D eigenvalue weighted by atomic mass is 10.1. The monoisotopic (exact) mass is 401 g/mol. The van der Waals surface area contributed by atoms with E-state index in [0.29, 0.717) is 32.5 Å². The molecule has 0 aromatic carbocycles. The van der Waals surface area contributed by atoms with Crippen LogP contribution in [0.25, 0.3) is 0 Å². The molecule has 0 aliphatic heterocycles. The molecule has 10 nitrogen and oxygen atoms in total. The van der Waals surface area contributed by atoms with Crippen LogP contribution in [0.2, 0.25) is 0 Å². The van der Waals surface area contributed by atoms with Gasteiger partial charge in [0.05, 0.1) is 6.61 Å². The van der Waals surface area contributed by atoms with Crippen LogP contribution in [0.1, 0.15) is 51.4 Å². The third-order valence-corrected chi connectivity index (χ3v) is 4.08. The van der Waals surface area contributed by atoms with Crippen molar-refractivity contribution in [1.82, 2.24) is 16.0 Å². The van der Waals surface area contributed by atoms with E-state index in [4.69, 9.17) is 17.2 Å². The Morgan fingerprint density at radius 2 is 1.61 bits per heavy atom. The molecule has 10 N–H and O–H groups in total. The van der Waals surface area contributed by atoms with Crippen molar-refractivity contribution in [2.45, 2.75) is 57.4 Å². The van der Waals surface area contributed by atoms with Crippen molar-refractivity contribution < 1.29 is 14.7 Å². The molecule has 0 saturated carbocycles. The number of carbonyl (C=O) groups excluding carboxylic acids is 2. The minimum absolute atomic E-state index is 0.0897. The van der Waals surface area contributed by atoms with E-state index in [1.807, 2.05) is 0 Å². The van der Waals surface area contributed by atoms with Crippen LogP contribution in [-0.2, 0) is 9.59 Å². The van der Waals surface area contributed by atoms with Crippen molar-refractivity contribution in [3.05, 3.63) is 0 Å². The number of aliphatic hydroxyl groups excluding tert-OH is 1. The number of amides is 2. The molecule has 28 heavy (non-hydrogen) atoms. The summed E-state index contributed by atoms with van der Waals surface area (Å²) in [7, 11) is 0. The van der Waals surface area contributed by atoms with Gasteiger partial charge in [0.1, 0.15) is 6.04 Å². The van der Waals surface area contributed by atoms with Gasteiger partial charge in [-0.15, -0.1) is 0 Å². The molecular weight excluding hydrogens is 362 g/mol. The Labute approximate surface area is 168 Å². The molecule has 1 atom stereocenters. The molecule has 0 aliphatic carbocycles. The number of hydrogen-bond acceptors (Lipinski definition) is 6. The fourth-order valence-corrected chi connectivity index (χ4v) is 2.48. The smallest absolute Gasteiger partial charge is 0.244 e. The van der Waals surface area contributed by atoms with Gasteiger partial charge >= 0.3 is 0 Å².